The van der Waals surface area contributed by atoms with Gasteiger partial charge in [0.2, 0.25) is 0 Å². The van der Waals surface area contributed by atoms with Crippen LogP contribution in [0.4, 0.5) is 0 Å². The van der Waals surface area contributed by atoms with E-state index in [0.717, 1.165) is 0 Å². The van der Waals surface area contributed by atoms with E-state index in [1.54, 1.807) is 11.9 Å². The van der Waals surface area contributed by atoms with Gasteiger partial charge in [0.15, 0.2) is 0 Å². The maximum atomic E-state index is 10.4. The Morgan fingerprint density at radius 3 is 2.50 bits per heavy atom. The number of aliphatic hydroxyl groups excluding tert-OH is 1. The fraction of sp³-hybridized carbons (Fsp3) is 0.833. The molecular formula is C6H11NO3. The molecule has 10 heavy (non-hydrogen) atoms. The average Bonchev–Trinajstić information content (AvgIpc) is 2.10. The van der Waals surface area contributed by atoms with E-state index in [9.17, 15) is 4.79 Å². The van der Waals surface area contributed by atoms with Gasteiger partial charge in [-0.05, 0) is 7.05 Å². The maximum Gasteiger partial charge on any atom is 0.321 e. The summed E-state index contributed by atoms with van der Waals surface area (Å²) in [4.78, 5) is 12.1. The van der Waals surface area contributed by atoms with Gasteiger partial charge in [-0.1, -0.05) is 0 Å². The predicted molar refractivity (Wildman–Crippen MR) is 34.7 cm³/mol. The number of hydrogen-bond acceptors (Lipinski definition) is 3. The standard InChI is InChI=1S/C6H11NO3/c1-7-3-4(8)2-5(7)6(9)10/h4-5,8H,2-3H2,1H3,(H,9,10)/t4-,5+/m0/s1. The van der Waals surface area contributed by atoms with Gasteiger partial charge >= 0.3 is 5.97 Å². The van der Waals surface area contributed by atoms with E-state index < -0.39 is 18.1 Å². The molecule has 58 valence electrons. The first-order chi connectivity index (χ1) is 4.61. The van der Waals surface area contributed by atoms with Crippen molar-refractivity contribution in [1.82, 2.24) is 4.90 Å². The molecule has 0 aromatic carbocycles. The van der Waals surface area contributed by atoms with Crippen molar-refractivity contribution < 1.29 is 15.0 Å². The third kappa shape index (κ3) is 1.27. The van der Waals surface area contributed by atoms with E-state index in [2.05, 4.69) is 0 Å². The summed E-state index contributed by atoms with van der Waals surface area (Å²) in [5.74, 6) is -0.848. The maximum absolute atomic E-state index is 10.4. The number of nitrogens with zero attached hydrogens (tertiary/aromatic N) is 1. The highest BCUT2D eigenvalue weighted by atomic mass is 16.4. The van der Waals surface area contributed by atoms with E-state index in [1.165, 1.54) is 0 Å². The molecule has 1 fully saturated rings. The summed E-state index contributed by atoms with van der Waals surface area (Å²) >= 11 is 0. The Morgan fingerprint density at radius 1 is 1.70 bits per heavy atom. The van der Waals surface area contributed by atoms with Crippen LogP contribution in [0.15, 0.2) is 0 Å². The molecule has 1 saturated heterocycles. The van der Waals surface area contributed by atoms with Crippen LogP contribution in [0.3, 0.4) is 0 Å². The van der Waals surface area contributed by atoms with Crippen molar-refractivity contribution in [1.29, 1.82) is 0 Å². The lowest BCUT2D eigenvalue weighted by Crippen LogP contribution is -2.32. The van der Waals surface area contributed by atoms with Gasteiger partial charge in [-0.2, -0.15) is 0 Å². The number of carbonyl (C=O) groups is 1. The van der Waals surface area contributed by atoms with E-state index in [4.69, 9.17) is 10.2 Å². The average molecular weight is 145 g/mol. The van der Waals surface area contributed by atoms with Gasteiger partial charge in [-0.25, -0.2) is 0 Å². The summed E-state index contributed by atoms with van der Waals surface area (Å²) in [7, 11) is 1.70. The lowest BCUT2D eigenvalue weighted by molar-refractivity contribution is -0.141. The fourth-order valence-electron chi connectivity index (χ4n) is 1.26. The number of rotatable bonds is 1. The number of likely N-dealkylation sites (tertiary alicyclic amines) is 1. The number of aliphatic hydroxyl groups is 1. The van der Waals surface area contributed by atoms with Crippen molar-refractivity contribution in [3.05, 3.63) is 0 Å². The van der Waals surface area contributed by atoms with Crippen molar-refractivity contribution >= 4 is 5.97 Å². The summed E-state index contributed by atoms with van der Waals surface area (Å²) in [5, 5.41) is 17.6. The molecule has 0 saturated carbocycles. The second kappa shape index (κ2) is 2.56. The topological polar surface area (TPSA) is 60.8 Å². The molecule has 2 N–H and O–H groups in total. The van der Waals surface area contributed by atoms with Crippen molar-refractivity contribution in [2.45, 2.75) is 18.6 Å². The molecule has 1 aliphatic rings. The van der Waals surface area contributed by atoms with Crippen molar-refractivity contribution in [3.63, 3.8) is 0 Å². The van der Waals surface area contributed by atoms with Crippen LogP contribution in [0, 0.1) is 0 Å². The Morgan fingerprint density at radius 2 is 2.30 bits per heavy atom. The molecule has 2 atom stereocenters. The first-order valence-corrected chi connectivity index (χ1v) is 3.22. The number of likely N-dealkylation sites (N-methyl/N-ethyl adjacent to an activating group) is 1. The van der Waals surface area contributed by atoms with Crippen LogP contribution < -0.4 is 0 Å². The largest absolute Gasteiger partial charge is 0.480 e. The minimum absolute atomic E-state index is 0.353. The Hall–Kier alpha value is -0.610. The van der Waals surface area contributed by atoms with Gasteiger partial charge in [-0.3, -0.25) is 9.69 Å². The van der Waals surface area contributed by atoms with E-state index >= 15 is 0 Å². The third-order valence-electron chi connectivity index (χ3n) is 1.81. The number of β-amino-alcohol motifs (C(OH)–C–C–N with tert-alkyl or cyclic N) is 1. The highest BCUT2D eigenvalue weighted by Gasteiger charge is 2.32. The second-order valence-corrected chi connectivity index (χ2v) is 2.68. The Bertz CT molecular complexity index is 148. The first kappa shape index (κ1) is 7.50. The summed E-state index contributed by atoms with van der Waals surface area (Å²) in [6.07, 6.45) is -0.114. The molecule has 0 spiro atoms. The number of aliphatic carboxylic acids is 1. The predicted octanol–water partition coefficient (Wildman–Crippen LogP) is -0.864. The highest BCUT2D eigenvalue weighted by molar-refractivity contribution is 5.73. The molecule has 1 heterocycles. The zero-order valence-electron chi connectivity index (χ0n) is 5.82. The van der Waals surface area contributed by atoms with Crippen LogP contribution in [0.1, 0.15) is 6.42 Å². The van der Waals surface area contributed by atoms with Crippen molar-refractivity contribution in [3.8, 4) is 0 Å². The summed E-state index contributed by atoms with van der Waals surface area (Å²) in [6, 6.07) is -0.491. The minimum Gasteiger partial charge on any atom is -0.480 e. The van der Waals surface area contributed by atoms with Gasteiger partial charge in [-0.15, -0.1) is 0 Å². The van der Waals surface area contributed by atoms with E-state index in [0.29, 0.717) is 13.0 Å². The smallest absolute Gasteiger partial charge is 0.321 e. The number of hydrogen-bond donors (Lipinski definition) is 2. The van der Waals surface area contributed by atoms with Gasteiger partial charge in [0.05, 0.1) is 6.10 Å². The molecule has 4 nitrogen and oxygen atoms in total. The normalized spacial score (nSPS) is 34.6. The van der Waals surface area contributed by atoms with Crippen LogP contribution in [0.2, 0.25) is 0 Å². The zero-order chi connectivity index (χ0) is 7.72. The van der Waals surface area contributed by atoms with Crippen LogP contribution in [-0.4, -0.2) is 46.8 Å². The summed E-state index contributed by atoms with van der Waals surface area (Å²) in [5.41, 5.74) is 0. The number of carboxylic acids is 1. The van der Waals surface area contributed by atoms with Crippen LogP contribution in [-0.2, 0) is 4.79 Å². The van der Waals surface area contributed by atoms with Crippen LogP contribution >= 0.6 is 0 Å². The molecule has 0 radical (unpaired) electrons. The lowest BCUT2D eigenvalue weighted by Gasteiger charge is -2.12. The van der Waals surface area contributed by atoms with Gasteiger partial charge in [0, 0.05) is 13.0 Å². The van der Waals surface area contributed by atoms with Crippen LogP contribution in [0.25, 0.3) is 0 Å². The summed E-state index contributed by atoms with van der Waals surface area (Å²) < 4.78 is 0. The molecule has 0 amide bonds. The molecule has 0 unspecified atom stereocenters. The SMILES string of the molecule is CN1C[C@@H](O)C[C@@H]1C(=O)O. The molecular weight excluding hydrogens is 134 g/mol. The molecule has 0 aliphatic carbocycles. The second-order valence-electron chi connectivity index (χ2n) is 2.68. The Kier molecular flexibility index (Phi) is 1.92. The van der Waals surface area contributed by atoms with Gasteiger partial charge in [0.1, 0.15) is 6.04 Å². The minimum atomic E-state index is -0.848. The van der Waals surface area contributed by atoms with E-state index in [1.807, 2.05) is 0 Å². The van der Waals surface area contributed by atoms with Crippen LogP contribution in [0.5, 0.6) is 0 Å². The third-order valence-corrected chi connectivity index (χ3v) is 1.81. The number of carboxylic acid groups (broad SMARTS) is 1. The van der Waals surface area contributed by atoms with Gasteiger partial charge in [0.25, 0.3) is 0 Å². The Labute approximate surface area is 59.1 Å². The highest BCUT2D eigenvalue weighted by Crippen LogP contribution is 2.14. The first-order valence-electron chi connectivity index (χ1n) is 3.22. The quantitative estimate of drug-likeness (QED) is 0.504. The van der Waals surface area contributed by atoms with E-state index in [-0.39, 0.29) is 0 Å². The molecule has 4 heteroatoms. The molecule has 1 rings (SSSR count). The molecule has 1 aliphatic heterocycles. The zero-order valence-corrected chi connectivity index (χ0v) is 5.82. The summed E-state index contributed by atoms with van der Waals surface area (Å²) in [6.45, 7) is 0.469. The van der Waals surface area contributed by atoms with Gasteiger partial charge < -0.3 is 10.2 Å². The fourth-order valence-corrected chi connectivity index (χ4v) is 1.26. The molecule has 0 aromatic rings. The lowest BCUT2D eigenvalue weighted by atomic mass is 10.2. The Balaban J connectivity index is 2.54. The molecule has 0 aromatic heterocycles. The molecule has 0 bridgehead atoms. The van der Waals surface area contributed by atoms with Crippen molar-refractivity contribution in [2.75, 3.05) is 13.6 Å². The monoisotopic (exact) mass is 145 g/mol. The van der Waals surface area contributed by atoms with Crippen molar-refractivity contribution in [2.24, 2.45) is 0 Å².